The second-order valence-electron chi connectivity index (χ2n) is 4.43. The van der Waals surface area contributed by atoms with E-state index in [1.807, 2.05) is 6.92 Å². The number of nitrogens with one attached hydrogen (secondary N) is 2. The Labute approximate surface area is 112 Å². The first kappa shape index (κ1) is 17.6. The maximum absolute atomic E-state index is 5.46. The fourth-order valence-corrected chi connectivity index (χ4v) is 1.31. The van der Waals surface area contributed by atoms with Crippen LogP contribution in [0.5, 0.6) is 0 Å². The molecule has 18 heavy (non-hydrogen) atoms. The summed E-state index contributed by atoms with van der Waals surface area (Å²) in [4.78, 5) is 0. The average Bonchev–Trinajstić information content (AvgIpc) is 2.34. The van der Waals surface area contributed by atoms with Gasteiger partial charge in [0.25, 0.3) is 0 Å². The zero-order chi connectivity index (χ0) is 13.5. The molecule has 2 N–H and O–H groups in total. The summed E-state index contributed by atoms with van der Waals surface area (Å²) < 4.78 is 10.9. The summed E-state index contributed by atoms with van der Waals surface area (Å²) in [5, 5.41) is 6.58. The van der Waals surface area contributed by atoms with Gasteiger partial charge in [-0.15, -0.1) is 6.58 Å². The molecule has 0 aliphatic rings. The minimum absolute atomic E-state index is 0.755. The minimum atomic E-state index is 0.755. The van der Waals surface area contributed by atoms with Crippen LogP contribution in [0.1, 0.15) is 26.7 Å². The minimum Gasteiger partial charge on any atom is -0.380 e. The van der Waals surface area contributed by atoms with Crippen LogP contribution in [0.2, 0.25) is 0 Å². The molecule has 0 amide bonds. The summed E-state index contributed by atoms with van der Waals surface area (Å²) in [6.07, 6.45) is 2.13. The summed E-state index contributed by atoms with van der Waals surface area (Å²) in [6, 6.07) is 0. The zero-order valence-electron chi connectivity index (χ0n) is 12.1. The third-order valence-corrected chi connectivity index (χ3v) is 2.37. The van der Waals surface area contributed by atoms with Gasteiger partial charge < -0.3 is 20.1 Å². The third-order valence-electron chi connectivity index (χ3n) is 2.37. The van der Waals surface area contributed by atoms with Gasteiger partial charge in [0.2, 0.25) is 0 Å². The predicted molar refractivity (Wildman–Crippen MR) is 77.1 cm³/mol. The van der Waals surface area contributed by atoms with Crippen molar-refractivity contribution in [1.82, 2.24) is 10.6 Å². The van der Waals surface area contributed by atoms with Crippen molar-refractivity contribution in [1.29, 1.82) is 0 Å². The molecule has 0 unspecified atom stereocenters. The summed E-state index contributed by atoms with van der Waals surface area (Å²) in [5.41, 5.74) is 1.17. The van der Waals surface area contributed by atoms with Gasteiger partial charge in [0, 0.05) is 19.6 Å². The Kier molecular flexibility index (Phi) is 14.3. The fourth-order valence-electron chi connectivity index (χ4n) is 1.31. The van der Waals surface area contributed by atoms with Gasteiger partial charge in [-0.1, -0.05) is 12.5 Å². The van der Waals surface area contributed by atoms with Crippen LogP contribution in [-0.4, -0.2) is 52.6 Å². The Bertz CT molecular complexity index is 187. The number of rotatable bonds is 14. The van der Waals surface area contributed by atoms with Crippen LogP contribution in [0, 0.1) is 0 Å². The quantitative estimate of drug-likeness (QED) is 0.367. The first-order valence-corrected chi connectivity index (χ1v) is 6.98. The van der Waals surface area contributed by atoms with Crippen LogP contribution >= 0.6 is 0 Å². The monoisotopic (exact) mass is 258 g/mol. The molecular formula is C14H30N2O2. The van der Waals surface area contributed by atoms with Crippen LogP contribution in [0.4, 0.5) is 0 Å². The van der Waals surface area contributed by atoms with E-state index in [-0.39, 0.29) is 0 Å². The van der Waals surface area contributed by atoms with E-state index >= 15 is 0 Å². The molecule has 0 bridgehead atoms. The Morgan fingerprint density at radius 3 is 1.89 bits per heavy atom. The molecule has 0 saturated heterocycles. The summed E-state index contributed by atoms with van der Waals surface area (Å²) in [6.45, 7) is 14.9. The van der Waals surface area contributed by atoms with Crippen molar-refractivity contribution < 1.29 is 9.47 Å². The first-order valence-electron chi connectivity index (χ1n) is 6.98. The largest absolute Gasteiger partial charge is 0.380 e. The highest BCUT2D eigenvalue weighted by atomic mass is 16.5. The molecule has 0 aromatic carbocycles. The number of hydrogen-bond donors (Lipinski definition) is 2. The summed E-state index contributed by atoms with van der Waals surface area (Å²) in [5.74, 6) is 0. The lowest BCUT2D eigenvalue weighted by atomic mass is 10.3. The van der Waals surface area contributed by atoms with E-state index < -0.39 is 0 Å². The maximum atomic E-state index is 5.46. The van der Waals surface area contributed by atoms with Crippen molar-refractivity contribution >= 4 is 0 Å². The van der Waals surface area contributed by atoms with Gasteiger partial charge in [-0.3, -0.25) is 0 Å². The molecule has 0 spiro atoms. The second kappa shape index (κ2) is 14.6. The molecule has 0 saturated carbocycles. The van der Waals surface area contributed by atoms with Gasteiger partial charge in [0.1, 0.15) is 0 Å². The standard InChI is InChI=1S/C14H30N2O2/c1-4-6-15-7-12-18-13-9-16-8-11-17-10-5-14(2)3/h15-16H,2,4-13H2,1,3H3. The molecule has 0 atom stereocenters. The first-order chi connectivity index (χ1) is 8.77. The molecule has 108 valence electrons. The van der Waals surface area contributed by atoms with E-state index in [4.69, 9.17) is 9.47 Å². The molecule has 4 heteroatoms. The summed E-state index contributed by atoms with van der Waals surface area (Å²) >= 11 is 0. The predicted octanol–water partition coefficient (Wildman–Crippen LogP) is 1.57. The lowest BCUT2D eigenvalue weighted by Crippen LogP contribution is -2.26. The molecule has 0 aliphatic carbocycles. The molecule has 0 rings (SSSR count). The smallest absolute Gasteiger partial charge is 0.0591 e. The Hall–Kier alpha value is -0.420. The number of ether oxygens (including phenoxy) is 2. The highest BCUT2D eigenvalue weighted by Crippen LogP contribution is 1.94. The van der Waals surface area contributed by atoms with E-state index in [1.54, 1.807) is 0 Å². The fraction of sp³-hybridized carbons (Fsp3) is 0.857. The summed E-state index contributed by atoms with van der Waals surface area (Å²) in [7, 11) is 0. The van der Waals surface area contributed by atoms with Crippen LogP contribution in [-0.2, 0) is 9.47 Å². The Balaban J connectivity index is 2.92. The van der Waals surface area contributed by atoms with Crippen molar-refractivity contribution in [3.63, 3.8) is 0 Å². The van der Waals surface area contributed by atoms with Gasteiger partial charge in [0.15, 0.2) is 0 Å². The van der Waals surface area contributed by atoms with Crippen molar-refractivity contribution in [2.75, 3.05) is 52.6 Å². The highest BCUT2D eigenvalue weighted by molar-refractivity contribution is 4.87. The topological polar surface area (TPSA) is 42.5 Å². The molecule has 0 heterocycles. The highest BCUT2D eigenvalue weighted by Gasteiger charge is 1.91. The van der Waals surface area contributed by atoms with Crippen molar-refractivity contribution in [3.8, 4) is 0 Å². The lowest BCUT2D eigenvalue weighted by Gasteiger charge is -2.07. The molecule has 0 aliphatic heterocycles. The van der Waals surface area contributed by atoms with Gasteiger partial charge >= 0.3 is 0 Å². The van der Waals surface area contributed by atoms with Gasteiger partial charge in [0.05, 0.1) is 26.4 Å². The van der Waals surface area contributed by atoms with E-state index in [0.29, 0.717) is 0 Å². The van der Waals surface area contributed by atoms with Crippen molar-refractivity contribution in [3.05, 3.63) is 12.2 Å². The maximum Gasteiger partial charge on any atom is 0.0591 e. The van der Waals surface area contributed by atoms with Crippen molar-refractivity contribution in [2.24, 2.45) is 0 Å². The second-order valence-corrected chi connectivity index (χ2v) is 4.43. The van der Waals surface area contributed by atoms with Gasteiger partial charge in [-0.2, -0.15) is 0 Å². The molecule has 0 aromatic rings. The molecule has 0 radical (unpaired) electrons. The molecule has 0 aromatic heterocycles. The number of hydrogen-bond acceptors (Lipinski definition) is 4. The van der Waals surface area contributed by atoms with E-state index in [2.05, 4.69) is 24.1 Å². The van der Waals surface area contributed by atoms with Crippen LogP contribution in [0.25, 0.3) is 0 Å². The molecule has 4 nitrogen and oxygen atoms in total. The van der Waals surface area contributed by atoms with Crippen LogP contribution in [0.15, 0.2) is 12.2 Å². The van der Waals surface area contributed by atoms with Crippen LogP contribution < -0.4 is 10.6 Å². The Morgan fingerprint density at radius 1 is 0.889 bits per heavy atom. The lowest BCUT2D eigenvalue weighted by molar-refractivity contribution is 0.123. The average molecular weight is 258 g/mol. The SMILES string of the molecule is C=C(C)CCOCCNCCOCCNCCC. The normalized spacial score (nSPS) is 10.8. The van der Waals surface area contributed by atoms with Gasteiger partial charge in [-0.25, -0.2) is 0 Å². The van der Waals surface area contributed by atoms with E-state index in [9.17, 15) is 0 Å². The van der Waals surface area contributed by atoms with Crippen molar-refractivity contribution in [2.45, 2.75) is 26.7 Å². The van der Waals surface area contributed by atoms with E-state index in [0.717, 1.165) is 59.0 Å². The van der Waals surface area contributed by atoms with E-state index in [1.165, 1.54) is 12.0 Å². The van der Waals surface area contributed by atoms with Gasteiger partial charge in [-0.05, 0) is 26.3 Å². The van der Waals surface area contributed by atoms with Crippen LogP contribution in [0.3, 0.4) is 0 Å². The zero-order valence-corrected chi connectivity index (χ0v) is 12.1. The molecule has 0 fully saturated rings. The Morgan fingerprint density at radius 2 is 1.39 bits per heavy atom. The molecular weight excluding hydrogens is 228 g/mol. The third kappa shape index (κ3) is 15.6.